The number of rotatable bonds is 5. The number of nitrogens with one attached hydrogen (secondary N) is 1. The number of piperidine rings is 1. The molecular weight excluding hydrogens is 626 g/mol. The molecule has 50 heavy (non-hydrogen) atoms. The quantitative estimate of drug-likeness (QED) is 0.291. The summed E-state index contributed by atoms with van der Waals surface area (Å²) in [4.78, 5) is 36.6. The maximum absolute atomic E-state index is 13.2. The topological polar surface area (TPSA) is 78.7 Å². The zero-order valence-electron chi connectivity index (χ0n) is 31.5. The summed E-state index contributed by atoms with van der Waals surface area (Å²) in [5, 5.41) is 3.34. The van der Waals surface area contributed by atoms with Crippen molar-refractivity contribution < 1.29 is 19.1 Å². The molecule has 1 spiro atoms. The van der Waals surface area contributed by atoms with Crippen LogP contribution in [0.15, 0.2) is 0 Å². The maximum atomic E-state index is 13.2. The highest BCUT2D eigenvalue weighted by molar-refractivity contribution is 5.97. The Morgan fingerprint density at radius 2 is 1.62 bits per heavy atom. The van der Waals surface area contributed by atoms with E-state index in [0.29, 0.717) is 66.4 Å². The average molecular weight is 692 g/mol. The Morgan fingerprint density at radius 1 is 0.860 bits per heavy atom. The van der Waals surface area contributed by atoms with E-state index in [-0.39, 0.29) is 30.1 Å². The Labute approximate surface area is 301 Å². The second kappa shape index (κ2) is 13.6. The van der Waals surface area contributed by atoms with Gasteiger partial charge in [-0.3, -0.25) is 19.3 Å². The lowest BCUT2D eigenvalue weighted by Gasteiger charge is -2.61. The van der Waals surface area contributed by atoms with Crippen molar-refractivity contribution in [3.05, 3.63) is 11.4 Å². The normalized spacial score (nSPS) is 46.8. The van der Waals surface area contributed by atoms with Crippen LogP contribution in [0.3, 0.4) is 0 Å². The Hall–Kier alpha value is -1.73. The van der Waals surface area contributed by atoms with E-state index in [2.05, 4.69) is 47.7 Å². The molecule has 8 rings (SSSR count). The van der Waals surface area contributed by atoms with E-state index in [4.69, 9.17) is 16.0 Å². The fourth-order valence-corrected chi connectivity index (χ4v) is 13.8. The summed E-state index contributed by atoms with van der Waals surface area (Å²) in [6, 6.07) is 0.741. The summed E-state index contributed by atoms with van der Waals surface area (Å²) in [6.45, 7) is 23.6. The molecule has 9 nitrogen and oxygen atoms in total. The van der Waals surface area contributed by atoms with Gasteiger partial charge in [-0.25, -0.2) is 11.5 Å². The van der Waals surface area contributed by atoms with Crippen molar-refractivity contribution in [2.24, 2.45) is 52.3 Å². The van der Waals surface area contributed by atoms with Gasteiger partial charge >= 0.3 is 0 Å². The van der Waals surface area contributed by atoms with Gasteiger partial charge in [-0.2, -0.15) is 0 Å². The van der Waals surface area contributed by atoms with Crippen LogP contribution in [0, 0.1) is 58.8 Å². The van der Waals surface area contributed by atoms with Crippen LogP contribution < -0.4 is 5.32 Å². The number of fused-ring (bicyclic) bond motifs is 7. The van der Waals surface area contributed by atoms with E-state index < -0.39 is 0 Å². The Bertz CT molecular complexity index is 1310. The van der Waals surface area contributed by atoms with Crippen LogP contribution >= 0.6 is 0 Å². The van der Waals surface area contributed by atoms with Gasteiger partial charge in [0.15, 0.2) is 5.79 Å². The van der Waals surface area contributed by atoms with E-state index >= 15 is 0 Å². The van der Waals surface area contributed by atoms with Crippen molar-refractivity contribution in [2.75, 3.05) is 52.5 Å². The molecule has 2 amide bonds. The molecule has 12 atom stereocenters. The molecule has 1 N–H and O–H groups in total. The molecular formula is C41H65N5O4. The first-order valence-corrected chi connectivity index (χ1v) is 20.7. The molecule has 278 valence electrons. The van der Waals surface area contributed by atoms with Gasteiger partial charge in [-0.15, -0.1) is 0 Å². The van der Waals surface area contributed by atoms with Crippen molar-refractivity contribution in [2.45, 2.75) is 135 Å². The molecule has 0 aromatic rings. The molecule has 0 bridgehead atoms. The lowest BCUT2D eigenvalue weighted by molar-refractivity contribution is -0.273. The minimum absolute atomic E-state index is 0.0180. The van der Waals surface area contributed by atoms with E-state index in [9.17, 15) is 9.59 Å². The largest absolute Gasteiger partial charge is 0.353 e. The number of piperazine rings is 1. The van der Waals surface area contributed by atoms with Crippen LogP contribution in [0.2, 0.25) is 0 Å². The Morgan fingerprint density at radius 3 is 2.34 bits per heavy atom. The predicted molar refractivity (Wildman–Crippen MR) is 192 cm³/mol. The third-order valence-corrected chi connectivity index (χ3v) is 16.6. The highest BCUT2D eigenvalue weighted by Crippen LogP contribution is 2.71. The molecule has 4 heterocycles. The summed E-state index contributed by atoms with van der Waals surface area (Å²) in [6.07, 6.45) is 14.6. The molecule has 0 radical (unpaired) electrons. The molecule has 8 fully saturated rings. The number of carbonyl (C=O) groups excluding carboxylic acids is 2. The first kappa shape index (κ1) is 35.3. The monoisotopic (exact) mass is 692 g/mol. The summed E-state index contributed by atoms with van der Waals surface area (Å²) < 4.78 is 13.5. The number of likely N-dealkylation sites (tertiary alicyclic amines) is 1. The highest BCUT2D eigenvalue weighted by Gasteiger charge is 2.69. The standard InChI is InChI=1S/C41H65N5O4/c1-27-8-15-41(49-25-27)28(2)38-35(50-41)23-34-32-7-6-29-22-30(9-13-39(29,3)33(32)10-14-40(34,38)4)43-36(47)24-37(48)46-20-18-45(19-21-46)31-11-16-44(17-12-31)26-42-5/h27-35,38H,6-26H2,1-4H3,(H,43,47)/t27-,28+,29?,30-,32-,33?,34+,35?,38+,39+,40+,41-/m1/s1. The van der Waals surface area contributed by atoms with Crippen LogP contribution in [0.25, 0.3) is 4.85 Å². The van der Waals surface area contributed by atoms with Crippen LogP contribution in [0.1, 0.15) is 111 Å². The third-order valence-electron chi connectivity index (χ3n) is 16.6. The SMILES string of the molecule is [C-]#[N+]CN1CCC(N2CCN(C(=O)CC(=O)N[C@@H]3CC[C@@]4(C)C(CC[C@@H]5C4CC[C@]4(C)[C@@H]6C(C[C@@H]54)O[C@]4(CC[C@@H](C)CO4)[C@H]6C)C3)CC2)CC1. The lowest BCUT2D eigenvalue weighted by atomic mass is 9.44. The summed E-state index contributed by atoms with van der Waals surface area (Å²) in [5.41, 5.74) is 0.703. The van der Waals surface area contributed by atoms with Crippen molar-refractivity contribution in [3.63, 3.8) is 0 Å². The van der Waals surface area contributed by atoms with Crippen molar-refractivity contribution in [1.29, 1.82) is 0 Å². The fraction of sp³-hybridized carbons (Fsp3) is 0.927. The van der Waals surface area contributed by atoms with E-state index in [1.54, 1.807) is 0 Å². The van der Waals surface area contributed by atoms with Crippen molar-refractivity contribution >= 4 is 11.8 Å². The molecule has 3 unspecified atom stereocenters. The number of hydrogen-bond donors (Lipinski definition) is 1. The molecule has 8 aliphatic rings. The minimum atomic E-state index is -0.336. The molecule has 4 aliphatic carbocycles. The maximum Gasteiger partial charge on any atom is 0.270 e. The Balaban J connectivity index is 0.813. The highest BCUT2D eigenvalue weighted by atomic mass is 16.7. The van der Waals surface area contributed by atoms with E-state index in [1.807, 2.05) is 4.90 Å². The Kier molecular flexibility index (Phi) is 9.60. The van der Waals surface area contributed by atoms with Gasteiger partial charge < -0.3 is 19.7 Å². The molecule has 4 saturated carbocycles. The van der Waals surface area contributed by atoms with Gasteiger partial charge in [0, 0.05) is 63.7 Å². The first-order chi connectivity index (χ1) is 24.0. The summed E-state index contributed by atoms with van der Waals surface area (Å²) in [7, 11) is 0. The van der Waals surface area contributed by atoms with Gasteiger partial charge in [-0.05, 0) is 117 Å². The van der Waals surface area contributed by atoms with Crippen LogP contribution in [-0.4, -0.2) is 103 Å². The van der Waals surface area contributed by atoms with Gasteiger partial charge in [0.1, 0.15) is 6.42 Å². The first-order valence-electron chi connectivity index (χ1n) is 20.7. The van der Waals surface area contributed by atoms with Gasteiger partial charge in [0.25, 0.3) is 6.67 Å². The second-order valence-electron chi connectivity index (χ2n) is 19.0. The van der Waals surface area contributed by atoms with Gasteiger partial charge in [-0.1, -0.05) is 27.7 Å². The third kappa shape index (κ3) is 6.04. The number of carbonyl (C=O) groups is 2. The second-order valence-corrected chi connectivity index (χ2v) is 19.0. The number of amides is 2. The van der Waals surface area contributed by atoms with Gasteiger partial charge in [0.05, 0.1) is 12.7 Å². The molecule has 0 aromatic heterocycles. The zero-order valence-corrected chi connectivity index (χ0v) is 31.5. The zero-order chi connectivity index (χ0) is 34.8. The minimum Gasteiger partial charge on any atom is -0.353 e. The smallest absolute Gasteiger partial charge is 0.270 e. The number of hydrogen-bond acceptors (Lipinski definition) is 6. The molecule has 0 aromatic carbocycles. The van der Waals surface area contributed by atoms with E-state index in [1.165, 1.54) is 44.9 Å². The van der Waals surface area contributed by atoms with E-state index in [0.717, 1.165) is 82.6 Å². The lowest BCUT2D eigenvalue weighted by Crippen LogP contribution is -2.56. The van der Waals surface area contributed by atoms with Crippen LogP contribution in [0.4, 0.5) is 0 Å². The van der Waals surface area contributed by atoms with Crippen molar-refractivity contribution in [3.8, 4) is 0 Å². The van der Waals surface area contributed by atoms with Gasteiger partial charge in [0.2, 0.25) is 11.8 Å². The van der Waals surface area contributed by atoms with Crippen LogP contribution in [-0.2, 0) is 19.1 Å². The number of nitrogens with zero attached hydrogens (tertiary/aromatic N) is 4. The predicted octanol–water partition coefficient (Wildman–Crippen LogP) is 5.79. The molecule has 4 saturated heterocycles. The van der Waals surface area contributed by atoms with Crippen LogP contribution in [0.5, 0.6) is 0 Å². The summed E-state index contributed by atoms with van der Waals surface area (Å²) >= 11 is 0. The summed E-state index contributed by atoms with van der Waals surface area (Å²) in [5.74, 6) is 4.27. The number of ether oxygens (including phenoxy) is 2. The fourth-order valence-electron chi connectivity index (χ4n) is 13.8. The molecule has 9 heteroatoms. The molecule has 4 aliphatic heterocycles. The van der Waals surface area contributed by atoms with Crippen molar-refractivity contribution in [1.82, 2.24) is 20.0 Å². The average Bonchev–Trinajstić information content (AvgIpc) is 3.56.